The van der Waals surface area contributed by atoms with Crippen molar-refractivity contribution < 1.29 is 19.4 Å². The lowest BCUT2D eigenvalue weighted by atomic mass is 9.85. The van der Waals surface area contributed by atoms with Crippen LogP contribution in [0.1, 0.15) is 66.1 Å². The molecule has 41 heavy (non-hydrogen) atoms. The number of amides is 1. The van der Waals surface area contributed by atoms with E-state index in [0.29, 0.717) is 6.61 Å². The van der Waals surface area contributed by atoms with Crippen molar-refractivity contribution in [3.05, 3.63) is 64.0 Å². The zero-order valence-corrected chi connectivity index (χ0v) is 24.8. The highest BCUT2D eigenvalue weighted by molar-refractivity contribution is 7.14. The molecule has 3 heterocycles. The summed E-state index contributed by atoms with van der Waals surface area (Å²) in [6, 6.07) is 12.2. The van der Waals surface area contributed by atoms with Gasteiger partial charge < -0.3 is 19.6 Å². The number of nitrogens with zero attached hydrogens (tertiary/aromatic N) is 3. The van der Waals surface area contributed by atoms with Crippen LogP contribution in [0.3, 0.4) is 0 Å². The van der Waals surface area contributed by atoms with E-state index in [0.717, 1.165) is 103 Å². The quantitative estimate of drug-likeness (QED) is 0.334. The molecule has 8 heteroatoms. The monoisotopic (exact) mass is 573 g/mol. The molecule has 1 aromatic heterocycles. The summed E-state index contributed by atoms with van der Waals surface area (Å²) < 4.78 is 6.42. The van der Waals surface area contributed by atoms with Gasteiger partial charge in [-0.2, -0.15) is 0 Å². The second-order valence-corrected chi connectivity index (χ2v) is 12.7. The second-order valence-electron chi connectivity index (χ2n) is 11.9. The molecule has 0 unspecified atom stereocenters. The van der Waals surface area contributed by atoms with Gasteiger partial charge in [0.1, 0.15) is 12.4 Å². The third-order valence-electron chi connectivity index (χ3n) is 9.15. The Balaban J connectivity index is 1.18. The maximum absolute atomic E-state index is 13.1. The Labute approximate surface area is 246 Å². The van der Waals surface area contributed by atoms with Crippen LogP contribution in [0.2, 0.25) is 0 Å². The highest BCUT2D eigenvalue weighted by Crippen LogP contribution is 2.44. The molecule has 1 N–H and O–H groups in total. The average Bonchev–Trinajstić information content (AvgIpc) is 3.59. The third-order valence-corrected chi connectivity index (χ3v) is 10.1. The Morgan fingerprint density at radius 2 is 1.78 bits per heavy atom. The molecule has 0 radical (unpaired) electrons. The number of piperidine rings is 2. The lowest BCUT2D eigenvalue weighted by Crippen LogP contribution is -2.44. The van der Waals surface area contributed by atoms with Crippen LogP contribution in [0.15, 0.2) is 41.8 Å². The minimum atomic E-state index is -0.645. The number of likely N-dealkylation sites (tertiary alicyclic amines) is 1. The number of benzene rings is 2. The summed E-state index contributed by atoms with van der Waals surface area (Å²) in [7, 11) is 0. The van der Waals surface area contributed by atoms with Crippen molar-refractivity contribution in [2.24, 2.45) is 17.8 Å². The minimum Gasteiger partial charge on any atom is -0.488 e. The molecule has 3 atom stereocenters. The average molecular weight is 574 g/mol. The number of aromatic nitrogens is 1. The Bertz CT molecular complexity index is 1420. The Hall–Kier alpha value is -3.39. The largest absolute Gasteiger partial charge is 0.488 e. The molecule has 6 rings (SSSR count). The van der Waals surface area contributed by atoms with E-state index in [1.165, 1.54) is 6.42 Å². The van der Waals surface area contributed by atoms with Crippen molar-refractivity contribution in [3.63, 3.8) is 0 Å². The van der Waals surface area contributed by atoms with Crippen LogP contribution in [-0.4, -0.2) is 53.0 Å². The molecule has 3 aliphatic rings. The summed E-state index contributed by atoms with van der Waals surface area (Å²) in [5.41, 5.74) is 5.97. The number of carbonyl (C=O) groups excluding carboxylic acids is 1. The molecule has 1 amide bonds. The number of rotatable bonds is 8. The summed E-state index contributed by atoms with van der Waals surface area (Å²) in [6.07, 6.45) is 6.18. The number of carboxylic acids is 1. The van der Waals surface area contributed by atoms with Gasteiger partial charge in [0.15, 0.2) is 5.13 Å². The van der Waals surface area contributed by atoms with Crippen molar-refractivity contribution in [1.29, 1.82) is 0 Å². The number of carbonyl (C=O) groups is 2. The van der Waals surface area contributed by atoms with E-state index in [9.17, 15) is 14.7 Å². The van der Waals surface area contributed by atoms with Gasteiger partial charge in [-0.05, 0) is 92.7 Å². The zero-order valence-electron chi connectivity index (χ0n) is 24.0. The first kappa shape index (κ1) is 27.8. The fourth-order valence-corrected chi connectivity index (χ4v) is 7.79. The van der Waals surface area contributed by atoms with Crippen LogP contribution in [-0.2, 0) is 17.8 Å². The minimum absolute atomic E-state index is 0.132. The third kappa shape index (κ3) is 5.71. The first-order chi connectivity index (χ1) is 19.9. The fraction of sp³-hybridized carbons (Fsp3) is 0.485. The van der Waals surface area contributed by atoms with Gasteiger partial charge >= 0.3 is 5.97 Å². The predicted octanol–water partition coefficient (Wildman–Crippen LogP) is 6.43. The molecule has 2 aliphatic heterocycles. The maximum atomic E-state index is 13.1. The highest BCUT2D eigenvalue weighted by atomic mass is 32.1. The van der Waals surface area contributed by atoms with Gasteiger partial charge in [-0.1, -0.05) is 24.6 Å². The highest BCUT2D eigenvalue weighted by Gasteiger charge is 2.46. The normalized spacial score (nSPS) is 22.1. The molecule has 216 valence electrons. The number of aryl methyl sites for hydroxylation is 2. The van der Waals surface area contributed by atoms with Crippen molar-refractivity contribution in [2.45, 2.75) is 59.0 Å². The van der Waals surface area contributed by atoms with E-state index < -0.39 is 5.97 Å². The SMILES string of the molecule is CCc1cc(C(=O)N2CCCCC2)ccc1COc1ccc(C)cc1-c1csc(N2C[C@H]3CC[C@@H](C2)[C@H]3C(=O)O)n1. The van der Waals surface area contributed by atoms with Crippen LogP contribution in [0, 0.1) is 24.7 Å². The zero-order chi connectivity index (χ0) is 28.5. The van der Waals surface area contributed by atoms with E-state index in [-0.39, 0.29) is 23.7 Å². The standard InChI is InChI=1S/C33H39N3O4S/c1-3-22-16-23(31(37)35-13-5-4-6-14-35)8-11-26(22)19-40-29-12-7-21(2)15-27(29)28-20-41-33(34-28)36-17-24-9-10-25(18-36)30(24)32(38)39/h7-8,11-12,15-16,20,24-25,30H,3-6,9-10,13-14,17-19H2,1-2H3,(H,38,39)/t24-,25+,30+. The van der Waals surface area contributed by atoms with Crippen molar-refractivity contribution in [1.82, 2.24) is 9.88 Å². The molecule has 2 bridgehead atoms. The van der Waals surface area contributed by atoms with E-state index in [1.54, 1.807) is 11.3 Å². The summed E-state index contributed by atoms with van der Waals surface area (Å²) in [6.45, 7) is 7.82. The van der Waals surface area contributed by atoms with Crippen LogP contribution < -0.4 is 9.64 Å². The summed E-state index contributed by atoms with van der Waals surface area (Å²) in [5.74, 6) is 0.455. The van der Waals surface area contributed by atoms with Gasteiger partial charge in [0, 0.05) is 42.7 Å². The number of hydrogen-bond acceptors (Lipinski definition) is 6. The van der Waals surface area contributed by atoms with E-state index in [4.69, 9.17) is 9.72 Å². The summed E-state index contributed by atoms with van der Waals surface area (Å²) in [5, 5.41) is 12.7. The van der Waals surface area contributed by atoms with Crippen LogP contribution >= 0.6 is 11.3 Å². The molecular weight excluding hydrogens is 534 g/mol. The fourth-order valence-electron chi connectivity index (χ4n) is 6.95. The van der Waals surface area contributed by atoms with Crippen LogP contribution in [0.5, 0.6) is 5.75 Å². The predicted molar refractivity (Wildman–Crippen MR) is 162 cm³/mol. The first-order valence-corrected chi connectivity index (χ1v) is 15.9. The summed E-state index contributed by atoms with van der Waals surface area (Å²) in [4.78, 5) is 34.1. The molecule has 1 aliphatic carbocycles. The van der Waals surface area contributed by atoms with Gasteiger partial charge in [0.2, 0.25) is 0 Å². The van der Waals surface area contributed by atoms with Crippen molar-refractivity contribution in [3.8, 4) is 17.0 Å². The van der Waals surface area contributed by atoms with Crippen LogP contribution in [0.4, 0.5) is 5.13 Å². The second kappa shape index (κ2) is 11.8. The lowest BCUT2D eigenvalue weighted by Gasteiger charge is -2.35. The smallest absolute Gasteiger partial charge is 0.307 e. The number of fused-ring (bicyclic) bond motifs is 2. The van der Waals surface area contributed by atoms with Crippen LogP contribution in [0.25, 0.3) is 11.3 Å². The molecule has 7 nitrogen and oxygen atoms in total. The number of hydrogen-bond donors (Lipinski definition) is 1. The van der Waals surface area contributed by atoms with E-state index >= 15 is 0 Å². The lowest BCUT2D eigenvalue weighted by molar-refractivity contribution is -0.144. The molecule has 3 fully saturated rings. The maximum Gasteiger partial charge on any atom is 0.307 e. The van der Waals surface area contributed by atoms with Gasteiger partial charge in [-0.15, -0.1) is 11.3 Å². The van der Waals surface area contributed by atoms with Gasteiger partial charge in [-0.25, -0.2) is 4.98 Å². The molecular formula is C33H39N3O4S. The molecule has 2 aromatic carbocycles. The molecule has 2 saturated heterocycles. The Morgan fingerprint density at radius 3 is 2.49 bits per heavy atom. The Morgan fingerprint density at radius 1 is 1.02 bits per heavy atom. The van der Waals surface area contributed by atoms with E-state index in [2.05, 4.69) is 36.3 Å². The number of anilines is 1. The summed E-state index contributed by atoms with van der Waals surface area (Å²) >= 11 is 1.62. The van der Waals surface area contributed by atoms with E-state index in [1.807, 2.05) is 29.2 Å². The molecule has 3 aromatic rings. The number of thiazole rings is 1. The Kier molecular flexibility index (Phi) is 8.02. The molecule has 1 saturated carbocycles. The number of aliphatic carboxylic acids is 1. The number of carboxylic acid groups (broad SMARTS) is 1. The van der Waals surface area contributed by atoms with Crippen molar-refractivity contribution in [2.75, 3.05) is 31.1 Å². The molecule has 0 spiro atoms. The van der Waals surface area contributed by atoms with Crippen molar-refractivity contribution >= 4 is 28.3 Å². The van der Waals surface area contributed by atoms with Gasteiger partial charge in [0.25, 0.3) is 5.91 Å². The van der Waals surface area contributed by atoms with Gasteiger partial charge in [-0.3, -0.25) is 9.59 Å². The number of ether oxygens (including phenoxy) is 1. The topological polar surface area (TPSA) is 83.0 Å². The van der Waals surface area contributed by atoms with Gasteiger partial charge in [0.05, 0.1) is 11.6 Å². The first-order valence-electron chi connectivity index (χ1n) is 15.0.